The largest absolute Gasteiger partial charge is 0.392 e. The van der Waals surface area contributed by atoms with Crippen molar-refractivity contribution in [3.05, 3.63) is 46.5 Å². The van der Waals surface area contributed by atoms with Gasteiger partial charge in [-0.3, -0.25) is 9.38 Å². The Hall–Kier alpha value is -1.92. The molecule has 1 saturated carbocycles. The fourth-order valence-electron chi connectivity index (χ4n) is 2.81. The Morgan fingerprint density at radius 3 is 3.09 bits per heavy atom. The van der Waals surface area contributed by atoms with E-state index in [0.717, 1.165) is 21.9 Å². The molecule has 114 valence electrons. The van der Waals surface area contributed by atoms with E-state index in [0.29, 0.717) is 12.5 Å². The van der Waals surface area contributed by atoms with Crippen molar-refractivity contribution >= 4 is 22.0 Å². The van der Waals surface area contributed by atoms with Gasteiger partial charge < -0.3 is 10.4 Å². The highest BCUT2D eigenvalue weighted by molar-refractivity contribution is 7.15. The predicted octanol–water partition coefficient (Wildman–Crippen LogP) is 3.08. The van der Waals surface area contributed by atoms with Crippen LogP contribution in [0.15, 0.2) is 23.8 Å². The molecule has 0 bridgehead atoms. The van der Waals surface area contributed by atoms with Crippen LogP contribution in [0.3, 0.4) is 0 Å². The molecule has 3 aromatic heterocycles. The zero-order valence-corrected chi connectivity index (χ0v) is 13.2. The third kappa shape index (κ3) is 2.28. The first kappa shape index (κ1) is 13.7. The molecule has 1 aliphatic rings. The standard InChI is InChI=1S/C16H18N4OS/c1-10-14(7-18-13-6-17-5-4-12(13)8-21)20-15(11-2-3-11)9-22-16(20)19-10/h4-6,9,11,18,21H,2-3,7-8H2,1H3. The maximum atomic E-state index is 9.41. The van der Waals surface area contributed by atoms with Gasteiger partial charge in [0.25, 0.3) is 0 Å². The molecule has 0 aromatic carbocycles. The number of nitrogens with one attached hydrogen (secondary N) is 1. The fourth-order valence-corrected chi connectivity index (χ4v) is 3.85. The Labute approximate surface area is 132 Å². The third-order valence-corrected chi connectivity index (χ3v) is 5.05. The first-order chi connectivity index (χ1) is 10.8. The fraction of sp³-hybridized carbons (Fsp3) is 0.375. The summed E-state index contributed by atoms with van der Waals surface area (Å²) < 4.78 is 2.31. The molecule has 0 spiro atoms. The Balaban J connectivity index is 1.66. The van der Waals surface area contributed by atoms with E-state index in [-0.39, 0.29) is 6.61 Å². The van der Waals surface area contributed by atoms with Gasteiger partial charge in [-0.2, -0.15) is 0 Å². The van der Waals surface area contributed by atoms with Gasteiger partial charge in [0.2, 0.25) is 0 Å². The molecule has 1 aliphatic carbocycles. The molecule has 5 nitrogen and oxygen atoms in total. The highest BCUT2D eigenvalue weighted by Crippen LogP contribution is 2.42. The van der Waals surface area contributed by atoms with Crippen molar-refractivity contribution in [2.75, 3.05) is 5.32 Å². The number of thiazole rings is 1. The van der Waals surface area contributed by atoms with E-state index in [2.05, 4.69) is 32.0 Å². The quantitative estimate of drug-likeness (QED) is 0.760. The molecule has 22 heavy (non-hydrogen) atoms. The average molecular weight is 314 g/mol. The lowest BCUT2D eigenvalue weighted by Crippen LogP contribution is -2.07. The van der Waals surface area contributed by atoms with Crippen LogP contribution in [-0.4, -0.2) is 19.5 Å². The molecular formula is C16H18N4OS. The van der Waals surface area contributed by atoms with Gasteiger partial charge >= 0.3 is 0 Å². The summed E-state index contributed by atoms with van der Waals surface area (Å²) in [7, 11) is 0. The summed E-state index contributed by atoms with van der Waals surface area (Å²) in [6.45, 7) is 2.75. The monoisotopic (exact) mass is 314 g/mol. The van der Waals surface area contributed by atoms with Crippen molar-refractivity contribution in [1.82, 2.24) is 14.4 Å². The molecule has 3 aromatic rings. The molecule has 0 atom stereocenters. The highest BCUT2D eigenvalue weighted by atomic mass is 32.1. The van der Waals surface area contributed by atoms with E-state index in [1.54, 1.807) is 23.7 Å². The lowest BCUT2D eigenvalue weighted by molar-refractivity contribution is 0.282. The SMILES string of the molecule is Cc1nc2scc(C3CC3)n2c1CNc1cnccc1CO. The number of aliphatic hydroxyl groups is 1. The highest BCUT2D eigenvalue weighted by Gasteiger charge is 2.28. The normalized spacial score (nSPS) is 14.6. The number of pyridine rings is 1. The first-order valence-corrected chi connectivity index (χ1v) is 8.39. The van der Waals surface area contributed by atoms with E-state index < -0.39 is 0 Å². The Bertz CT molecular complexity index is 819. The summed E-state index contributed by atoms with van der Waals surface area (Å²) in [5, 5.41) is 15.0. The molecule has 1 fully saturated rings. The summed E-state index contributed by atoms with van der Waals surface area (Å²) >= 11 is 1.72. The lowest BCUT2D eigenvalue weighted by Gasteiger charge is -2.11. The molecular weight excluding hydrogens is 296 g/mol. The minimum absolute atomic E-state index is 0.0113. The average Bonchev–Trinajstić information content (AvgIpc) is 3.23. The second-order valence-corrected chi connectivity index (χ2v) is 6.58. The number of nitrogens with zero attached hydrogens (tertiary/aromatic N) is 3. The Morgan fingerprint density at radius 2 is 2.32 bits per heavy atom. The molecule has 0 saturated heterocycles. The van der Waals surface area contributed by atoms with E-state index in [4.69, 9.17) is 0 Å². The predicted molar refractivity (Wildman–Crippen MR) is 87.3 cm³/mol. The molecule has 2 N–H and O–H groups in total. The maximum Gasteiger partial charge on any atom is 0.194 e. The third-order valence-electron chi connectivity index (χ3n) is 4.21. The number of anilines is 1. The van der Waals surface area contributed by atoms with Crippen LogP contribution in [0.4, 0.5) is 5.69 Å². The second-order valence-electron chi connectivity index (χ2n) is 5.74. The van der Waals surface area contributed by atoms with Crippen molar-refractivity contribution in [2.24, 2.45) is 0 Å². The molecule has 3 heterocycles. The number of aliphatic hydroxyl groups excluding tert-OH is 1. The zero-order valence-electron chi connectivity index (χ0n) is 12.4. The minimum Gasteiger partial charge on any atom is -0.392 e. The molecule has 0 unspecified atom stereocenters. The van der Waals surface area contributed by atoms with Crippen LogP contribution >= 0.6 is 11.3 Å². The van der Waals surface area contributed by atoms with Crippen LogP contribution in [0.1, 0.15) is 41.4 Å². The maximum absolute atomic E-state index is 9.41. The van der Waals surface area contributed by atoms with E-state index >= 15 is 0 Å². The number of hydrogen-bond donors (Lipinski definition) is 2. The molecule has 0 amide bonds. The van der Waals surface area contributed by atoms with Crippen molar-refractivity contribution in [1.29, 1.82) is 0 Å². The van der Waals surface area contributed by atoms with Gasteiger partial charge in [-0.1, -0.05) is 0 Å². The van der Waals surface area contributed by atoms with Crippen molar-refractivity contribution in [2.45, 2.75) is 38.8 Å². The first-order valence-electron chi connectivity index (χ1n) is 7.51. The summed E-state index contributed by atoms with van der Waals surface area (Å²) in [6, 6.07) is 1.83. The summed E-state index contributed by atoms with van der Waals surface area (Å²) in [5.74, 6) is 0.701. The topological polar surface area (TPSA) is 62.5 Å². The van der Waals surface area contributed by atoms with Gasteiger partial charge in [0.15, 0.2) is 4.96 Å². The minimum atomic E-state index is 0.0113. The Kier molecular flexibility index (Phi) is 3.35. The molecule has 4 rings (SSSR count). The number of fused-ring (bicyclic) bond motifs is 1. The molecule has 0 aliphatic heterocycles. The van der Waals surface area contributed by atoms with Gasteiger partial charge in [0.05, 0.1) is 36.4 Å². The van der Waals surface area contributed by atoms with Gasteiger partial charge in [0.1, 0.15) is 0 Å². The summed E-state index contributed by atoms with van der Waals surface area (Å²) in [6.07, 6.45) is 6.03. The van der Waals surface area contributed by atoms with Gasteiger partial charge in [-0.25, -0.2) is 4.98 Å². The van der Waals surface area contributed by atoms with Crippen molar-refractivity contribution in [3.8, 4) is 0 Å². The summed E-state index contributed by atoms with van der Waals surface area (Å²) in [4.78, 5) is 9.88. The van der Waals surface area contributed by atoms with Crippen LogP contribution in [-0.2, 0) is 13.2 Å². The van der Waals surface area contributed by atoms with E-state index in [1.807, 2.05) is 6.07 Å². The Morgan fingerprint density at radius 1 is 1.45 bits per heavy atom. The number of aromatic nitrogens is 3. The number of aryl methyl sites for hydroxylation is 1. The van der Waals surface area contributed by atoms with Crippen LogP contribution in [0.25, 0.3) is 4.96 Å². The van der Waals surface area contributed by atoms with Gasteiger partial charge in [-0.05, 0) is 25.8 Å². The van der Waals surface area contributed by atoms with Crippen molar-refractivity contribution in [3.63, 3.8) is 0 Å². The van der Waals surface area contributed by atoms with Crippen LogP contribution in [0.5, 0.6) is 0 Å². The lowest BCUT2D eigenvalue weighted by atomic mass is 10.2. The second kappa shape index (κ2) is 5.37. The van der Waals surface area contributed by atoms with Gasteiger partial charge in [-0.15, -0.1) is 11.3 Å². The summed E-state index contributed by atoms with van der Waals surface area (Å²) in [5.41, 5.74) is 5.40. The van der Waals surface area contributed by atoms with Crippen LogP contribution in [0.2, 0.25) is 0 Å². The van der Waals surface area contributed by atoms with Crippen molar-refractivity contribution < 1.29 is 5.11 Å². The van der Waals surface area contributed by atoms with Crippen LogP contribution in [0, 0.1) is 6.92 Å². The van der Waals surface area contributed by atoms with Gasteiger partial charge in [0, 0.05) is 28.8 Å². The zero-order chi connectivity index (χ0) is 15.1. The van der Waals surface area contributed by atoms with Crippen LogP contribution < -0.4 is 5.32 Å². The van der Waals surface area contributed by atoms with E-state index in [9.17, 15) is 5.11 Å². The molecule has 6 heteroatoms. The smallest absolute Gasteiger partial charge is 0.194 e. The molecule has 0 radical (unpaired) electrons. The van der Waals surface area contributed by atoms with E-state index in [1.165, 1.54) is 24.2 Å². The number of imidazole rings is 1. The number of rotatable bonds is 5. The number of hydrogen-bond acceptors (Lipinski definition) is 5.